The molecule has 0 fully saturated rings. The molecule has 0 heterocycles. The molecule has 0 bridgehead atoms. The molecule has 2 aromatic carbocycles. The smallest absolute Gasteiger partial charge is 0.457 e. The van der Waals surface area contributed by atoms with Crippen LogP contribution < -0.4 is 4.74 Å². The van der Waals surface area contributed by atoms with Gasteiger partial charge in [-0.1, -0.05) is 37.3 Å². The van der Waals surface area contributed by atoms with Crippen LogP contribution in [0.4, 0.5) is 0 Å². The summed E-state index contributed by atoms with van der Waals surface area (Å²) in [5.41, 5.74) is 0.392. The lowest BCUT2D eigenvalue weighted by molar-refractivity contribution is 0.178. The fourth-order valence-corrected chi connectivity index (χ4v) is 3.76. The molecule has 0 radical (unpaired) electrons. The lowest BCUT2D eigenvalue weighted by Gasteiger charge is -2.22. The second-order valence-electron chi connectivity index (χ2n) is 6.34. The molecule has 0 aliphatic rings. The van der Waals surface area contributed by atoms with E-state index in [1.807, 2.05) is 45.0 Å². The third-order valence-corrected chi connectivity index (χ3v) is 5.97. The summed E-state index contributed by atoms with van der Waals surface area (Å²) in [6.07, 6.45) is -0.538. The Balaban J connectivity index is 2.09. The highest BCUT2D eigenvalue weighted by atomic mass is 32.2. The number of nitrogens with zero attached hydrogens (tertiary/aromatic N) is 1. The van der Waals surface area contributed by atoms with Gasteiger partial charge in [-0.25, -0.2) is 8.54 Å². The van der Waals surface area contributed by atoms with Crippen molar-refractivity contribution >= 4 is 19.9 Å². The van der Waals surface area contributed by atoms with E-state index < -0.39 is 13.9 Å². The molecule has 0 saturated heterocycles. The first-order valence-electron chi connectivity index (χ1n) is 8.36. The molecular weight excluding hydrogens is 385 g/mol. The molecule has 0 aliphatic heterocycles. The van der Waals surface area contributed by atoms with Gasteiger partial charge in [0.25, 0.3) is 0 Å². The fraction of sp³-hybridized carbons (Fsp3) is 0.316. The van der Waals surface area contributed by atoms with Crippen molar-refractivity contribution in [1.29, 1.82) is 5.26 Å². The number of nitriles is 1. The summed E-state index contributed by atoms with van der Waals surface area (Å²) in [4.78, 5) is 9.95. The van der Waals surface area contributed by atoms with Gasteiger partial charge < -0.3 is 9.63 Å². The van der Waals surface area contributed by atoms with E-state index in [1.54, 1.807) is 36.4 Å². The van der Waals surface area contributed by atoms with Crippen molar-refractivity contribution in [1.82, 2.24) is 0 Å². The second-order valence-corrected chi connectivity index (χ2v) is 9.36. The van der Waals surface area contributed by atoms with Crippen LogP contribution in [0.1, 0.15) is 38.9 Å². The molecule has 0 aliphatic carbocycles. The van der Waals surface area contributed by atoms with Gasteiger partial charge in [-0.15, -0.1) is 0 Å². The Labute approximate surface area is 163 Å². The van der Waals surface area contributed by atoms with Gasteiger partial charge in [0.2, 0.25) is 0 Å². The first-order valence-corrected chi connectivity index (χ1v) is 10.6. The standard InChI is InChI=1S/C19H22NO5PS/c1-4-19(2,3)27-25-26(21,22)24-18(14-20)15-9-8-12-17(13-15)23-16-10-6-5-7-11-16/h5-13,18H,4H2,1-3H3,(H,21,22). The van der Waals surface area contributed by atoms with Crippen LogP contribution in [-0.4, -0.2) is 9.64 Å². The number of ether oxygens (including phenoxy) is 1. The Morgan fingerprint density at radius 2 is 1.85 bits per heavy atom. The molecule has 1 N–H and O–H groups in total. The van der Waals surface area contributed by atoms with Crippen molar-refractivity contribution in [2.24, 2.45) is 0 Å². The zero-order chi connectivity index (χ0) is 19.9. The SMILES string of the molecule is CCC(C)(C)SOP(=O)(O)OC(C#N)c1cccc(Oc2ccccc2)c1. The van der Waals surface area contributed by atoms with Crippen LogP contribution in [0.5, 0.6) is 11.5 Å². The highest BCUT2D eigenvalue weighted by Gasteiger charge is 2.31. The van der Waals surface area contributed by atoms with Crippen molar-refractivity contribution < 1.29 is 22.7 Å². The third kappa shape index (κ3) is 7.02. The van der Waals surface area contributed by atoms with Gasteiger partial charge in [0.05, 0.1) is 6.07 Å². The summed E-state index contributed by atoms with van der Waals surface area (Å²) >= 11 is 0.866. The van der Waals surface area contributed by atoms with Gasteiger partial charge in [0.1, 0.15) is 11.5 Å². The Kier molecular flexibility index (Phi) is 7.49. The van der Waals surface area contributed by atoms with Crippen molar-refractivity contribution in [2.75, 3.05) is 0 Å². The molecule has 8 heteroatoms. The molecule has 2 unspecified atom stereocenters. The van der Waals surface area contributed by atoms with Gasteiger partial charge in [0.15, 0.2) is 6.10 Å². The third-order valence-electron chi connectivity index (χ3n) is 3.70. The normalized spacial score (nSPS) is 14.8. The minimum absolute atomic E-state index is 0.354. The number of benzene rings is 2. The Morgan fingerprint density at radius 1 is 1.19 bits per heavy atom. The van der Waals surface area contributed by atoms with E-state index >= 15 is 0 Å². The highest BCUT2D eigenvalue weighted by Crippen LogP contribution is 2.53. The maximum atomic E-state index is 12.2. The van der Waals surface area contributed by atoms with Crippen molar-refractivity contribution in [3.05, 3.63) is 60.2 Å². The highest BCUT2D eigenvalue weighted by molar-refractivity contribution is 7.99. The molecule has 2 atom stereocenters. The molecule has 27 heavy (non-hydrogen) atoms. The van der Waals surface area contributed by atoms with Gasteiger partial charge in [0, 0.05) is 16.8 Å². The zero-order valence-electron chi connectivity index (χ0n) is 15.4. The number of para-hydroxylation sites is 1. The minimum atomic E-state index is -4.42. The first-order chi connectivity index (χ1) is 12.7. The number of hydrogen-bond acceptors (Lipinski definition) is 6. The number of hydrogen-bond donors (Lipinski definition) is 1. The maximum Gasteiger partial charge on any atom is 0.485 e. The summed E-state index contributed by atoms with van der Waals surface area (Å²) in [6.45, 7) is 5.70. The summed E-state index contributed by atoms with van der Waals surface area (Å²) < 4.78 is 27.6. The quantitative estimate of drug-likeness (QED) is 0.402. The van der Waals surface area contributed by atoms with E-state index in [-0.39, 0.29) is 4.75 Å². The van der Waals surface area contributed by atoms with Crippen LogP contribution in [0.15, 0.2) is 54.6 Å². The largest absolute Gasteiger partial charge is 0.485 e. The van der Waals surface area contributed by atoms with Crippen LogP contribution in [0.25, 0.3) is 0 Å². The summed E-state index contributed by atoms with van der Waals surface area (Å²) in [7, 11) is -4.42. The van der Waals surface area contributed by atoms with Crippen molar-refractivity contribution in [2.45, 2.75) is 38.0 Å². The van der Waals surface area contributed by atoms with Gasteiger partial charge in [-0.3, -0.25) is 4.52 Å². The lowest BCUT2D eigenvalue weighted by Crippen LogP contribution is -2.13. The maximum absolute atomic E-state index is 12.2. The molecule has 144 valence electrons. The molecule has 2 rings (SSSR count). The Hall–Kier alpha value is -1.81. The Bertz CT molecular complexity index is 837. The topological polar surface area (TPSA) is 88.8 Å². The van der Waals surface area contributed by atoms with Crippen LogP contribution >= 0.6 is 19.9 Å². The summed E-state index contributed by atoms with van der Waals surface area (Å²) in [5, 5.41) is 9.39. The Morgan fingerprint density at radius 3 is 2.48 bits per heavy atom. The monoisotopic (exact) mass is 407 g/mol. The van der Waals surface area contributed by atoms with Crippen molar-refractivity contribution in [3.63, 3.8) is 0 Å². The predicted octanol–water partition coefficient (Wildman–Crippen LogP) is 6.01. The van der Waals surface area contributed by atoms with Gasteiger partial charge >= 0.3 is 7.82 Å². The molecule has 0 saturated carbocycles. The van der Waals surface area contributed by atoms with E-state index in [4.69, 9.17) is 13.2 Å². The van der Waals surface area contributed by atoms with E-state index in [1.165, 1.54) is 0 Å². The molecular formula is C19H22NO5PS. The number of phosphoric acid groups is 1. The minimum Gasteiger partial charge on any atom is -0.457 e. The van der Waals surface area contributed by atoms with Crippen LogP contribution in [0.2, 0.25) is 0 Å². The predicted molar refractivity (Wildman–Crippen MR) is 105 cm³/mol. The number of phosphoric ester groups is 1. The van der Waals surface area contributed by atoms with Crippen LogP contribution in [0.3, 0.4) is 0 Å². The summed E-state index contributed by atoms with van der Waals surface area (Å²) in [6, 6.07) is 17.6. The second kappa shape index (κ2) is 9.41. The first kappa shape index (κ1) is 21.5. The molecule has 0 spiro atoms. The number of rotatable bonds is 9. The van der Waals surface area contributed by atoms with Crippen LogP contribution in [-0.2, 0) is 13.1 Å². The van der Waals surface area contributed by atoms with Gasteiger partial charge in [-0.05, 0) is 50.1 Å². The summed E-state index contributed by atoms with van der Waals surface area (Å²) in [5.74, 6) is 1.12. The molecule has 0 amide bonds. The molecule has 2 aromatic rings. The average Bonchev–Trinajstić information content (AvgIpc) is 2.66. The van der Waals surface area contributed by atoms with E-state index in [0.29, 0.717) is 17.1 Å². The van der Waals surface area contributed by atoms with Crippen molar-refractivity contribution in [3.8, 4) is 17.6 Å². The van der Waals surface area contributed by atoms with E-state index in [9.17, 15) is 14.7 Å². The fourth-order valence-electron chi connectivity index (χ4n) is 1.88. The van der Waals surface area contributed by atoms with Gasteiger partial charge in [-0.2, -0.15) is 5.26 Å². The lowest BCUT2D eigenvalue weighted by atomic mass is 10.1. The van der Waals surface area contributed by atoms with E-state index in [2.05, 4.69) is 0 Å². The average molecular weight is 407 g/mol. The molecule has 0 aromatic heterocycles. The zero-order valence-corrected chi connectivity index (χ0v) is 17.1. The van der Waals surface area contributed by atoms with E-state index in [0.717, 1.165) is 18.5 Å². The van der Waals surface area contributed by atoms with Crippen LogP contribution in [0, 0.1) is 11.3 Å². The molecule has 6 nitrogen and oxygen atoms in total.